The summed E-state index contributed by atoms with van der Waals surface area (Å²) in [4.78, 5) is 14.8. The molecule has 1 amide bonds. The molecule has 2 rings (SSSR count). The minimum absolute atomic E-state index is 0.107. The zero-order chi connectivity index (χ0) is 16.2. The Balaban J connectivity index is 1.86. The summed E-state index contributed by atoms with van der Waals surface area (Å²) in [5.41, 5.74) is 7.02. The summed E-state index contributed by atoms with van der Waals surface area (Å²) >= 11 is 0. The van der Waals surface area contributed by atoms with E-state index in [1.54, 1.807) is 0 Å². The second-order valence-corrected chi connectivity index (χ2v) is 7.71. The second kappa shape index (κ2) is 6.82. The van der Waals surface area contributed by atoms with Crippen LogP contribution in [-0.2, 0) is 11.2 Å². The normalized spacial score (nSPS) is 22.1. The van der Waals surface area contributed by atoms with Crippen LogP contribution in [0.3, 0.4) is 0 Å². The summed E-state index contributed by atoms with van der Waals surface area (Å²) < 4.78 is 0. The van der Waals surface area contributed by atoms with Crippen molar-refractivity contribution in [1.29, 1.82) is 0 Å². The number of rotatable bonds is 6. The first kappa shape index (κ1) is 17.0. The Morgan fingerprint density at radius 1 is 1.32 bits per heavy atom. The van der Waals surface area contributed by atoms with Crippen LogP contribution in [0.15, 0.2) is 30.3 Å². The molecule has 0 radical (unpaired) electrons. The van der Waals surface area contributed by atoms with Crippen LogP contribution in [-0.4, -0.2) is 30.4 Å². The highest BCUT2D eigenvalue weighted by Crippen LogP contribution is 2.33. The molecule has 1 saturated heterocycles. The van der Waals surface area contributed by atoms with Gasteiger partial charge in [0.25, 0.3) is 0 Å². The predicted octanol–water partition coefficient (Wildman–Crippen LogP) is 3.23. The van der Waals surface area contributed by atoms with Crippen LogP contribution in [0.2, 0.25) is 0 Å². The van der Waals surface area contributed by atoms with Gasteiger partial charge in [-0.3, -0.25) is 4.79 Å². The summed E-state index contributed by atoms with van der Waals surface area (Å²) in [6.45, 7) is 8.67. The maximum atomic E-state index is 12.8. The van der Waals surface area contributed by atoms with Crippen LogP contribution in [0.4, 0.5) is 0 Å². The molecule has 0 aliphatic carbocycles. The molecule has 1 aliphatic heterocycles. The van der Waals surface area contributed by atoms with Crippen LogP contribution in [0.5, 0.6) is 0 Å². The quantitative estimate of drug-likeness (QED) is 0.877. The fraction of sp³-hybridized carbons (Fsp3) is 0.632. The summed E-state index contributed by atoms with van der Waals surface area (Å²) in [5, 5.41) is 0. The van der Waals surface area contributed by atoms with Crippen LogP contribution < -0.4 is 5.73 Å². The van der Waals surface area contributed by atoms with Gasteiger partial charge in [0.2, 0.25) is 5.91 Å². The summed E-state index contributed by atoms with van der Waals surface area (Å²) in [7, 11) is 0. The third kappa shape index (κ3) is 4.10. The lowest BCUT2D eigenvalue weighted by Gasteiger charge is -2.30. The van der Waals surface area contributed by atoms with Crippen molar-refractivity contribution in [3.63, 3.8) is 0 Å². The molecule has 0 spiro atoms. The summed E-state index contributed by atoms with van der Waals surface area (Å²) in [6, 6.07) is 10.5. The first-order valence-corrected chi connectivity index (χ1v) is 8.40. The van der Waals surface area contributed by atoms with Gasteiger partial charge in [-0.25, -0.2) is 0 Å². The van der Waals surface area contributed by atoms with Gasteiger partial charge < -0.3 is 10.6 Å². The average Bonchev–Trinajstić information content (AvgIpc) is 2.90. The van der Waals surface area contributed by atoms with Crippen LogP contribution >= 0.6 is 0 Å². The second-order valence-electron chi connectivity index (χ2n) is 7.71. The highest BCUT2D eigenvalue weighted by Gasteiger charge is 2.39. The van der Waals surface area contributed by atoms with Crippen molar-refractivity contribution in [3.8, 4) is 0 Å². The minimum Gasteiger partial charge on any atom is -0.342 e. The Hall–Kier alpha value is -1.35. The van der Waals surface area contributed by atoms with Crippen molar-refractivity contribution < 1.29 is 4.79 Å². The lowest BCUT2D eigenvalue weighted by molar-refractivity contribution is -0.140. The number of benzene rings is 1. The van der Waals surface area contributed by atoms with Gasteiger partial charge >= 0.3 is 0 Å². The highest BCUT2D eigenvalue weighted by atomic mass is 16.2. The van der Waals surface area contributed by atoms with Crippen molar-refractivity contribution in [2.75, 3.05) is 19.6 Å². The molecule has 1 unspecified atom stereocenters. The number of carbonyl (C=O) groups excluding carboxylic acids is 1. The van der Waals surface area contributed by atoms with Gasteiger partial charge in [0, 0.05) is 18.5 Å². The largest absolute Gasteiger partial charge is 0.342 e. The predicted molar refractivity (Wildman–Crippen MR) is 91.5 cm³/mol. The zero-order valence-corrected chi connectivity index (χ0v) is 14.3. The SMILES string of the molecule is CC1(CN)CCN(C(=O)C(C)(C)CCCc2ccccc2)C1. The Labute approximate surface area is 134 Å². The molecule has 1 aromatic carbocycles. The van der Waals surface area contributed by atoms with Gasteiger partial charge in [0.15, 0.2) is 0 Å². The molecule has 1 fully saturated rings. The third-order valence-electron chi connectivity index (χ3n) is 5.03. The van der Waals surface area contributed by atoms with E-state index in [1.165, 1.54) is 5.56 Å². The van der Waals surface area contributed by atoms with Crippen molar-refractivity contribution in [2.45, 2.75) is 46.5 Å². The number of aryl methyl sites for hydroxylation is 1. The number of hydrogen-bond acceptors (Lipinski definition) is 2. The molecule has 1 atom stereocenters. The summed E-state index contributed by atoms with van der Waals surface area (Å²) in [6.07, 6.45) is 4.04. The molecule has 3 nitrogen and oxygen atoms in total. The molecule has 2 N–H and O–H groups in total. The number of nitrogens with two attached hydrogens (primary N) is 1. The van der Waals surface area contributed by atoms with E-state index in [2.05, 4.69) is 45.0 Å². The van der Waals surface area contributed by atoms with E-state index < -0.39 is 0 Å². The molecule has 22 heavy (non-hydrogen) atoms. The number of hydrogen-bond donors (Lipinski definition) is 1. The first-order chi connectivity index (χ1) is 10.4. The molecule has 1 aliphatic rings. The topological polar surface area (TPSA) is 46.3 Å². The van der Waals surface area contributed by atoms with E-state index >= 15 is 0 Å². The molecule has 122 valence electrons. The van der Waals surface area contributed by atoms with Crippen molar-refractivity contribution in [2.24, 2.45) is 16.6 Å². The number of amides is 1. The van der Waals surface area contributed by atoms with Gasteiger partial charge in [-0.2, -0.15) is 0 Å². The van der Waals surface area contributed by atoms with Gasteiger partial charge in [-0.15, -0.1) is 0 Å². The Kier molecular flexibility index (Phi) is 5.28. The average molecular weight is 302 g/mol. The fourth-order valence-corrected chi connectivity index (χ4v) is 3.28. The molecule has 3 heteroatoms. The molecular weight excluding hydrogens is 272 g/mol. The lowest BCUT2D eigenvalue weighted by atomic mass is 9.84. The molecule has 0 aromatic heterocycles. The number of likely N-dealkylation sites (tertiary alicyclic amines) is 1. The Morgan fingerprint density at radius 3 is 2.59 bits per heavy atom. The third-order valence-corrected chi connectivity index (χ3v) is 5.03. The standard InChI is InChI=1S/C19H30N2O/c1-18(2,11-7-10-16-8-5-4-6-9-16)17(22)21-13-12-19(3,14-20)15-21/h4-6,8-9H,7,10-15,20H2,1-3H3. The van der Waals surface area contributed by atoms with Crippen LogP contribution in [0.25, 0.3) is 0 Å². The fourth-order valence-electron chi connectivity index (χ4n) is 3.28. The van der Waals surface area contributed by atoms with Gasteiger partial charge in [-0.05, 0) is 43.2 Å². The molecular formula is C19H30N2O. The van der Waals surface area contributed by atoms with Crippen LogP contribution in [0.1, 0.15) is 45.6 Å². The van der Waals surface area contributed by atoms with Gasteiger partial charge in [0.05, 0.1) is 0 Å². The maximum absolute atomic E-state index is 12.8. The molecule has 1 aromatic rings. The summed E-state index contributed by atoms with van der Waals surface area (Å²) in [5.74, 6) is 0.290. The Bertz CT molecular complexity index is 497. The van der Waals surface area contributed by atoms with Gasteiger partial charge in [0.1, 0.15) is 0 Å². The smallest absolute Gasteiger partial charge is 0.228 e. The van der Waals surface area contributed by atoms with E-state index in [1.807, 2.05) is 11.0 Å². The monoisotopic (exact) mass is 302 g/mol. The van der Waals surface area contributed by atoms with E-state index in [4.69, 9.17) is 5.73 Å². The van der Waals surface area contributed by atoms with Crippen LogP contribution in [0, 0.1) is 10.8 Å². The van der Waals surface area contributed by atoms with E-state index in [9.17, 15) is 4.79 Å². The van der Waals surface area contributed by atoms with E-state index in [0.29, 0.717) is 6.54 Å². The number of carbonyl (C=O) groups is 1. The highest BCUT2D eigenvalue weighted by molar-refractivity contribution is 5.82. The van der Waals surface area contributed by atoms with Gasteiger partial charge in [-0.1, -0.05) is 51.1 Å². The first-order valence-electron chi connectivity index (χ1n) is 8.40. The van der Waals surface area contributed by atoms with E-state index in [0.717, 1.165) is 38.8 Å². The molecule has 0 bridgehead atoms. The minimum atomic E-state index is -0.283. The van der Waals surface area contributed by atoms with Crippen molar-refractivity contribution in [1.82, 2.24) is 4.90 Å². The molecule has 1 heterocycles. The molecule has 0 saturated carbocycles. The lowest BCUT2D eigenvalue weighted by Crippen LogP contribution is -2.41. The maximum Gasteiger partial charge on any atom is 0.228 e. The van der Waals surface area contributed by atoms with E-state index in [-0.39, 0.29) is 16.7 Å². The zero-order valence-electron chi connectivity index (χ0n) is 14.3. The number of nitrogens with zero attached hydrogens (tertiary/aromatic N) is 1. The Morgan fingerprint density at radius 2 is 2.00 bits per heavy atom. The van der Waals surface area contributed by atoms with Crippen molar-refractivity contribution >= 4 is 5.91 Å². The van der Waals surface area contributed by atoms with Crippen molar-refractivity contribution in [3.05, 3.63) is 35.9 Å².